The number of halogens is 3. The number of alkyl halides is 3. The van der Waals surface area contributed by atoms with Gasteiger partial charge in [0.05, 0.1) is 12.0 Å². The fourth-order valence-corrected chi connectivity index (χ4v) is 4.86. The summed E-state index contributed by atoms with van der Waals surface area (Å²) in [6.07, 6.45) is -4.03. The van der Waals surface area contributed by atoms with Crippen LogP contribution in [-0.2, 0) is 20.7 Å². The summed E-state index contributed by atoms with van der Waals surface area (Å²) in [7, 11) is 0. The molecule has 0 radical (unpaired) electrons. The number of nitrogens with one attached hydrogen (secondary N) is 1. The van der Waals surface area contributed by atoms with E-state index in [1.807, 2.05) is 0 Å². The number of carbonyl (C=O) groups excluding carboxylic acids is 3. The molecule has 186 valence electrons. The van der Waals surface area contributed by atoms with Crippen LogP contribution in [0, 0.1) is 0 Å². The quantitative estimate of drug-likeness (QED) is 0.545. The number of primary amides is 1. The molecule has 2 aromatic carbocycles. The van der Waals surface area contributed by atoms with E-state index in [2.05, 4.69) is 10.1 Å². The van der Waals surface area contributed by atoms with Gasteiger partial charge in [-0.2, -0.15) is 0 Å². The topological polar surface area (TPSA) is 128 Å². The highest BCUT2D eigenvalue weighted by Gasteiger charge is 2.55. The van der Waals surface area contributed by atoms with Crippen molar-refractivity contribution in [2.75, 3.05) is 6.61 Å². The van der Waals surface area contributed by atoms with Crippen molar-refractivity contribution < 1.29 is 42.1 Å². The van der Waals surface area contributed by atoms with Crippen LogP contribution in [0.4, 0.5) is 13.2 Å². The number of phenolic OH excluding ortho intramolecular Hbond substituents is 1. The minimum Gasteiger partial charge on any atom is -0.508 e. The predicted octanol–water partition coefficient (Wildman–Crippen LogP) is 2.72. The van der Waals surface area contributed by atoms with Crippen molar-refractivity contribution in [2.45, 2.75) is 49.6 Å². The zero-order chi connectivity index (χ0) is 25.4. The molecule has 1 saturated carbocycles. The number of carbonyl (C=O) groups is 3. The Balaban J connectivity index is 1.77. The zero-order valence-corrected chi connectivity index (χ0v) is 18.4. The molecule has 11 heteroatoms. The second kappa shape index (κ2) is 9.21. The molecule has 4 N–H and O–H groups in total. The van der Waals surface area contributed by atoms with E-state index in [9.17, 15) is 32.7 Å². The molecule has 2 aromatic rings. The Bertz CT molecular complexity index is 1170. The SMILES string of the molecule is NC(=O)c1ccc(OC(F)(F)F)cc1C(Cc1cccc(O)c1)C(=O)NC12CCCC1OCC2=O. The third-order valence-corrected chi connectivity index (χ3v) is 6.41. The third kappa shape index (κ3) is 5.09. The average Bonchev–Trinajstić information content (AvgIpc) is 3.30. The van der Waals surface area contributed by atoms with Crippen molar-refractivity contribution in [2.24, 2.45) is 5.73 Å². The Morgan fingerprint density at radius 1 is 1.26 bits per heavy atom. The standard InChI is InChI=1S/C24H23F3N2O6/c25-24(26,27)35-15-6-7-16(21(28)32)17(11-15)18(10-13-3-1-4-14(30)9-13)22(33)29-23-8-2-5-20(23)34-12-19(23)31/h1,3-4,6-7,9,11,18,20,30H,2,5,8,10,12H2,(H2,28,32)(H,29,33). The number of aromatic hydroxyl groups is 1. The summed E-state index contributed by atoms with van der Waals surface area (Å²) >= 11 is 0. The van der Waals surface area contributed by atoms with Crippen molar-refractivity contribution in [3.05, 3.63) is 59.2 Å². The van der Waals surface area contributed by atoms with Gasteiger partial charge in [-0.25, -0.2) is 0 Å². The maximum absolute atomic E-state index is 13.6. The van der Waals surface area contributed by atoms with Crippen LogP contribution in [0.3, 0.4) is 0 Å². The number of amides is 2. The maximum atomic E-state index is 13.6. The summed E-state index contributed by atoms with van der Waals surface area (Å²) < 4.78 is 48.1. The van der Waals surface area contributed by atoms with Crippen LogP contribution in [0.5, 0.6) is 11.5 Å². The number of ketones is 1. The molecule has 0 aromatic heterocycles. The fourth-order valence-electron chi connectivity index (χ4n) is 4.86. The van der Waals surface area contributed by atoms with Crippen LogP contribution in [0.25, 0.3) is 0 Å². The lowest BCUT2D eigenvalue weighted by molar-refractivity contribution is -0.274. The molecule has 1 aliphatic carbocycles. The molecule has 3 unspecified atom stereocenters. The van der Waals surface area contributed by atoms with Gasteiger partial charge in [-0.15, -0.1) is 13.2 Å². The highest BCUT2D eigenvalue weighted by atomic mass is 19.4. The fraction of sp³-hybridized carbons (Fsp3) is 0.375. The number of rotatable bonds is 7. The number of nitrogens with two attached hydrogens (primary N) is 1. The second-order valence-electron chi connectivity index (χ2n) is 8.66. The number of ether oxygens (including phenoxy) is 2. The minimum atomic E-state index is -5.00. The van der Waals surface area contributed by atoms with E-state index >= 15 is 0 Å². The maximum Gasteiger partial charge on any atom is 0.573 e. The van der Waals surface area contributed by atoms with E-state index in [0.717, 1.165) is 18.2 Å². The first kappa shape index (κ1) is 24.5. The van der Waals surface area contributed by atoms with Gasteiger partial charge in [0, 0.05) is 5.56 Å². The zero-order valence-electron chi connectivity index (χ0n) is 18.4. The molecule has 2 amide bonds. The molecule has 2 fully saturated rings. The van der Waals surface area contributed by atoms with Crippen LogP contribution in [-0.4, -0.2) is 47.3 Å². The van der Waals surface area contributed by atoms with E-state index in [4.69, 9.17) is 10.5 Å². The Kier molecular flexibility index (Phi) is 6.46. The van der Waals surface area contributed by atoms with Gasteiger partial charge in [0.2, 0.25) is 11.8 Å². The van der Waals surface area contributed by atoms with Crippen LogP contribution in [0.2, 0.25) is 0 Å². The molecule has 1 aliphatic heterocycles. The lowest BCUT2D eigenvalue weighted by Crippen LogP contribution is -2.57. The largest absolute Gasteiger partial charge is 0.573 e. The van der Waals surface area contributed by atoms with Gasteiger partial charge < -0.3 is 25.6 Å². The lowest BCUT2D eigenvalue weighted by atomic mass is 9.85. The number of Topliss-reactive ketones (excluding diaryl/α,β-unsaturated/α-hetero) is 1. The molecule has 8 nitrogen and oxygen atoms in total. The summed E-state index contributed by atoms with van der Waals surface area (Å²) in [4.78, 5) is 38.5. The van der Waals surface area contributed by atoms with Gasteiger partial charge in [0.25, 0.3) is 0 Å². The van der Waals surface area contributed by atoms with Crippen LogP contribution in [0.1, 0.15) is 46.7 Å². The van der Waals surface area contributed by atoms with Crippen molar-refractivity contribution in [1.29, 1.82) is 0 Å². The van der Waals surface area contributed by atoms with Gasteiger partial charge >= 0.3 is 6.36 Å². The smallest absolute Gasteiger partial charge is 0.508 e. The van der Waals surface area contributed by atoms with E-state index in [0.29, 0.717) is 24.8 Å². The number of hydrogen-bond donors (Lipinski definition) is 3. The summed E-state index contributed by atoms with van der Waals surface area (Å²) in [6.45, 7) is -0.149. The summed E-state index contributed by atoms with van der Waals surface area (Å²) in [5, 5.41) is 12.6. The Morgan fingerprint density at radius 2 is 2.03 bits per heavy atom. The number of fused-ring (bicyclic) bond motifs is 1. The first-order valence-corrected chi connectivity index (χ1v) is 10.9. The van der Waals surface area contributed by atoms with Crippen LogP contribution < -0.4 is 15.8 Å². The molecule has 35 heavy (non-hydrogen) atoms. The number of hydrogen-bond acceptors (Lipinski definition) is 6. The lowest BCUT2D eigenvalue weighted by Gasteiger charge is -2.30. The van der Waals surface area contributed by atoms with Crippen molar-refractivity contribution in [3.8, 4) is 11.5 Å². The summed E-state index contributed by atoms with van der Waals surface area (Å²) in [5.41, 5.74) is 4.43. The average molecular weight is 492 g/mol. The second-order valence-corrected chi connectivity index (χ2v) is 8.66. The molecular formula is C24H23F3N2O6. The van der Waals surface area contributed by atoms with Crippen LogP contribution >= 0.6 is 0 Å². The van der Waals surface area contributed by atoms with Gasteiger partial charge in [0.1, 0.15) is 23.6 Å². The Hall–Kier alpha value is -3.60. The van der Waals surface area contributed by atoms with Gasteiger partial charge in [-0.1, -0.05) is 12.1 Å². The summed E-state index contributed by atoms with van der Waals surface area (Å²) in [6, 6.07) is 8.89. The Morgan fingerprint density at radius 3 is 2.71 bits per heavy atom. The number of phenols is 1. The van der Waals surface area contributed by atoms with Crippen molar-refractivity contribution >= 4 is 17.6 Å². The van der Waals surface area contributed by atoms with Crippen molar-refractivity contribution in [3.63, 3.8) is 0 Å². The number of benzene rings is 2. The van der Waals surface area contributed by atoms with Crippen molar-refractivity contribution in [1.82, 2.24) is 5.32 Å². The normalized spacial score (nSPS) is 22.5. The molecule has 2 aliphatic rings. The van der Waals surface area contributed by atoms with Crippen LogP contribution in [0.15, 0.2) is 42.5 Å². The third-order valence-electron chi connectivity index (χ3n) is 6.41. The predicted molar refractivity (Wildman–Crippen MR) is 116 cm³/mol. The monoisotopic (exact) mass is 492 g/mol. The molecule has 1 saturated heterocycles. The summed E-state index contributed by atoms with van der Waals surface area (Å²) in [5.74, 6) is -3.88. The first-order chi connectivity index (χ1) is 16.5. The molecule has 4 rings (SSSR count). The van der Waals surface area contributed by atoms with E-state index in [1.54, 1.807) is 6.07 Å². The highest BCUT2D eigenvalue weighted by Crippen LogP contribution is 2.39. The highest BCUT2D eigenvalue weighted by molar-refractivity contribution is 6.00. The molecule has 1 heterocycles. The minimum absolute atomic E-state index is 0.0836. The first-order valence-electron chi connectivity index (χ1n) is 10.9. The van der Waals surface area contributed by atoms with E-state index in [1.165, 1.54) is 18.2 Å². The molecule has 0 bridgehead atoms. The van der Waals surface area contributed by atoms with Gasteiger partial charge in [-0.05, 0) is 67.1 Å². The van der Waals surface area contributed by atoms with E-state index in [-0.39, 0.29) is 35.7 Å². The molecular weight excluding hydrogens is 469 g/mol. The van der Waals surface area contributed by atoms with Gasteiger partial charge in [0.15, 0.2) is 5.78 Å². The van der Waals surface area contributed by atoms with E-state index < -0.39 is 41.5 Å². The Labute approximate surface area is 198 Å². The van der Waals surface area contributed by atoms with Gasteiger partial charge in [-0.3, -0.25) is 14.4 Å². The molecule has 0 spiro atoms. The molecule has 3 atom stereocenters.